The summed E-state index contributed by atoms with van der Waals surface area (Å²) in [6.07, 6.45) is 2.94. The number of H-pyrrole nitrogens is 1. The van der Waals surface area contributed by atoms with Crippen LogP contribution in [0.15, 0.2) is 48.5 Å². The van der Waals surface area contributed by atoms with E-state index in [0.29, 0.717) is 0 Å². The van der Waals surface area contributed by atoms with Crippen LogP contribution in [0.2, 0.25) is 0 Å². The first-order valence-corrected chi connectivity index (χ1v) is 9.45. The maximum absolute atomic E-state index is 5.71. The van der Waals surface area contributed by atoms with E-state index in [1.54, 1.807) is 7.11 Å². The fraction of sp³-hybridized carbons (Fsp3) is 0.227. The molecular weight excluding hydrogens is 340 g/mol. The lowest BCUT2D eigenvalue weighted by Gasteiger charge is -2.37. The highest BCUT2D eigenvalue weighted by Crippen LogP contribution is 2.43. The van der Waals surface area contributed by atoms with Crippen molar-refractivity contribution >= 4 is 39.4 Å². The molecule has 3 nitrogen and oxygen atoms in total. The first-order valence-electron chi connectivity index (χ1n) is 9.04. The van der Waals surface area contributed by atoms with Crippen LogP contribution in [0, 0.1) is 0 Å². The molecule has 2 aromatic carbocycles. The molecule has 2 aliphatic heterocycles. The van der Waals surface area contributed by atoms with Crippen LogP contribution in [0.1, 0.15) is 29.7 Å². The predicted octanol–water partition coefficient (Wildman–Crippen LogP) is 5.02. The standard InChI is InChI=1S/C22H20N2OS/c1-25-15-7-9-19-18(13-15)17-11-12-24-20(26)10-8-16(22(24)21(17)23-19)14-5-3-2-4-6-14/h2-7,9,13,23H,8,10-12H2,1H3. The summed E-state index contributed by atoms with van der Waals surface area (Å²) in [6.45, 7) is 0.946. The van der Waals surface area contributed by atoms with E-state index in [0.717, 1.165) is 42.1 Å². The summed E-state index contributed by atoms with van der Waals surface area (Å²) in [6, 6.07) is 17.0. The number of hydrogen-bond acceptors (Lipinski definition) is 2. The molecule has 4 heteroatoms. The lowest BCUT2D eigenvalue weighted by molar-refractivity contribution is 0.415. The SMILES string of the molecule is COc1ccc2[nH]c3c(c2c1)CCN1C(=S)CCC(c2ccccc2)=C31. The molecule has 26 heavy (non-hydrogen) atoms. The summed E-state index contributed by atoms with van der Waals surface area (Å²) in [5.41, 5.74) is 7.71. The highest BCUT2D eigenvalue weighted by molar-refractivity contribution is 7.80. The zero-order valence-corrected chi connectivity index (χ0v) is 15.5. The molecule has 3 heterocycles. The van der Waals surface area contributed by atoms with Gasteiger partial charge in [-0.05, 0) is 47.7 Å². The molecule has 1 aromatic heterocycles. The van der Waals surface area contributed by atoms with Gasteiger partial charge in [0.2, 0.25) is 0 Å². The fourth-order valence-electron chi connectivity index (χ4n) is 4.25. The predicted molar refractivity (Wildman–Crippen MR) is 110 cm³/mol. The molecular formula is C22H20N2OS. The van der Waals surface area contributed by atoms with E-state index in [1.165, 1.54) is 33.5 Å². The minimum absolute atomic E-state index is 0.901. The number of methoxy groups -OCH3 is 1. The lowest BCUT2D eigenvalue weighted by atomic mass is 9.89. The maximum Gasteiger partial charge on any atom is 0.119 e. The first-order chi connectivity index (χ1) is 12.8. The van der Waals surface area contributed by atoms with Crippen LogP contribution in [0.4, 0.5) is 0 Å². The first kappa shape index (κ1) is 15.6. The van der Waals surface area contributed by atoms with Gasteiger partial charge in [-0.2, -0.15) is 0 Å². The lowest BCUT2D eigenvalue weighted by Crippen LogP contribution is -2.36. The Morgan fingerprint density at radius 1 is 1.04 bits per heavy atom. The van der Waals surface area contributed by atoms with E-state index in [-0.39, 0.29) is 0 Å². The van der Waals surface area contributed by atoms with Crippen molar-refractivity contribution in [2.75, 3.05) is 13.7 Å². The van der Waals surface area contributed by atoms with Gasteiger partial charge in [0.1, 0.15) is 5.75 Å². The number of thiocarbonyl (C=S) groups is 1. The van der Waals surface area contributed by atoms with Crippen molar-refractivity contribution in [1.82, 2.24) is 9.88 Å². The van der Waals surface area contributed by atoms with Crippen LogP contribution in [0.5, 0.6) is 5.75 Å². The number of hydrogen-bond donors (Lipinski definition) is 1. The molecule has 0 bridgehead atoms. The second-order valence-electron chi connectivity index (χ2n) is 6.88. The van der Waals surface area contributed by atoms with E-state index in [2.05, 4.69) is 52.3 Å². The zero-order valence-electron chi connectivity index (χ0n) is 14.7. The minimum atomic E-state index is 0.901. The van der Waals surface area contributed by atoms with Gasteiger partial charge in [-0.1, -0.05) is 42.5 Å². The van der Waals surface area contributed by atoms with Crippen LogP contribution in [0.25, 0.3) is 22.2 Å². The van der Waals surface area contributed by atoms with Crippen molar-refractivity contribution in [2.45, 2.75) is 19.3 Å². The number of benzene rings is 2. The number of aromatic nitrogens is 1. The van der Waals surface area contributed by atoms with E-state index in [9.17, 15) is 0 Å². The summed E-state index contributed by atoms with van der Waals surface area (Å²) in [4.78, 5) is 7.07. The topological polar surface area (TPSA) is 28.3 Å². The van der Waals surface area contributed by atoms with Crippen molar-refractivity contribution in [3.8, 4) is 5.75 Å². The number of aromatic amines is 1. The van der Waals surface area contributed by atoms with Gasteiger partial charge in [0, 0.05) is 23.9 Å². The Balaban J connectivity index is 1.79. The van der Waals surface area contributed by atoms with Crippen molar-refractivity contribution in [2.24, 2.45) is 0 Å². The Labute approximate surface area is 158 Å². The van der Waals surface area contributed by atoms with Gasteiger partial charge in [0.25, 0.3) is 0 Å². The average Bonchev–Trinajstić information content (AvgIpc) is 3.07. The molecule has 0 amide bonds. The Hall–Kier alpha value is -2.59. The van der Waals surface area contributed by atoms with Gasteiger partial charge >= 0.3 is 0 Å². The molecule has 0 spiro atoms. The number of nitrogens with one attached hydrogen (secondary N) is 1. The van der Waals surface area contributed by atoms with E-state index in [1.807, 2.05) is 6.07 Å². The van der Waals surface area contributed by atoms with Gasteiger partial charge in [0.15, 0.2) is 0 Å². The Bertz CT molecular complexity index is 1050. The second-order valence-corrected chi connectivity index (χ2v) is 7.35. The molecule has 0 fully saturated rings. The molecule has 2 aliphatic rings. The van der Waals surface area contributed by atoms with Crippen molar-refractivity contribution in [3.05, 3.63) is 65.4 Å². The molecule has 130 valence electrons. The van der Waals surface area contributed by atoms with Gasteiger partial charge in [-0.25, -0.2) is 0 Å². The Morgan fingerprint density at radius 3 is 2.69 bits per heavy atom. The Kier molecular flexibility index (Phi) is 3.61. The number of ether oxygens (including phenoxy) is 1. The highest BCUT2D eigenvalue weighted by Gasteiger charge is 2.32. The van der Waals surface area contributed by atoms with Crippen LogP contribution in [-0.4, -0.2) is 28.5 Å². The molecule has 0 unspecified atom stereocenters. The molecule has 3 aromatic rings. The van der Waals surface area contributed by atoms with E-state index < -0.39 is 0 Å². The van der Waals surface area contributed by atoms with Gasteiger partial charge in [0.05, 0.1) is 23.5 Å². The van der Waals surface area contributed by atoms with Crippen molar-refractivity contribution < 1.29 is 4.74 Å². The largest absolute Gasteiger partial charge is 0.497 e. The maximum atomic E-state index is 5.71. The van der Waals surface area contributed by atoms with Crippen molar-refractivity contribution in [1.29, 1.82) is 0 Å². The third-order valence-electron chi connectivity index (χ3n) is 5.50. The van der Waals surface area contributed by atoms with E-state index >= 15 is 0 Å². The summed E-state index contributed by atoms with van der Waals surface area (Å²) < 4.78 is 5.44. The van der Waals surface area contributed by atoms with Gasteiger partial charge in [-0.3, -0.25) is 0 Å². The number of fused-ring (bicyclic) bond motifs is 5. The second kappa shape index (κ2) is 5.99. The minimum Gasteiger partial charge on any atom is -0.497 e. The smallest absolute Gasteiger partial charge is 0.119 e. The fourth-order valence-corrected chi connectivity index (χ4v) is 4.54. The van der Waals surface area contributed by atoms with Gasteiger partial charge in [-0.15, -0.1) is 0 Å². The van der Waals surface area contributed by atoms with Crippen LogP contribution in [-0.2, 0) is 6.42 Å². The average molecular weight is 360 g/mol. The summed E-state index contributed by atoms with van der Waals surface area (Å²) in [5, 5.41) is 1.26. The molecule has 1 N–H and O–H groups in total. The number of allylic oxidation sites excluding steroid dienone is 1. The quantitative estimate of drug-likeness (QED) is 0.650. The third-order valence-corrected chi connectivity index (χ3v) is 5.93. The number of rotatable bonds is 2. The molecule has 0 radical (unpaired) electrons. The Morgan fingerprint density at radius 2 is 1.88 bits per heavy atom. The molecule has 0 saturated heterocycles. The van der Waals surface area contributed by atoms with Crippen molar-refractivity contribution in [3.63, 3.8) is 0 Å². The van der Waals surface area contributed by atoms with Crippen LogP contribution in [0.3, 0.4) is 0 Å². The molecule has 0 atom stereocenters. The normalized spacial score (nSPS) is 16.7. The number of nitrogens with zero attached hydrogens (tertiary/aromatic N) is 1. The molecule has 0 saturated carbocycles. The third kappa shape index (κ3) is 2.29. The monoisotopic (exact) mass is 360 g/mol. The summed E-state index contributed by atoms with van der Waals surface area (Å²) in [7, 11) is 1.72. The summed E-state index contributed by atoms with van der Waals surface area (Å²) >= 11 is 5.71. The highest BCUT2D eigenvalue weighted by atomic mass is 32.1. The van der Waals surface area contributed by atoms with Crippen LogP contribution < -0.4 is 4.74 Å². The zero-order chi connectivity index (χ0) is 17.7. The summed E-state index contributed by atoms with van der Waals surface area (Å²) in [5.74, 6) is 0.901. The molecule has 0 aliphatic carbocycles. The van der Waals surface area contributed by atoms with Gasteiger partial charge < -0.3 is 14.6 Å². The van der Waals surface area contributed by atoms with E-state index in [4.69, 9.17) is 17.0 Å². The van der Waals surface area contributed by atoms with Crippen LogP contribution >= 0.6 is 12.2 Å². The molecule has 5 rings (SSSR count).